The van der Waals surface area contributed by atoms with E-state index < -0.39 is 0 Å². The minimum atomic E-state index is -0.0375. The van der Waals surface area contributed by atoms with Crippen molar-refractivity contribution in [1.82, 2.24) is 4.90 Å². The number of hydrogen-bond donors (Lipinski definition) is 0. The van der Waals surface area contributed by atoms with Gasteiger partial charge in [0, 0.05) is 24.3 Å². The van der Waals surface area contributed by atoms with E-state index in [2.05, 4.69) is 12.1 Å². The van der Waals surface area contributed by atoms with Crippen molar-refractivity contribution < 1.29 is 4.79 Å². The van der Waals surface area contributed by atoms with Crippen LogP contribution >= 0.6 is 35.0 Å². The number of hydrogen-bond acceptors (Lipinski definition) is 2. The summed E-state index contributed by atoms with van der Waals surface area (Å²) < 4.78 is 0. The smallest absolute Gasteiger partial charge is 0.224 e. The minimum Gasteiger partial charge on any atom is -0.326 e. The number of carbonyl (C=O) groups is 1. The van der Waals surface area contributed by atoms with Gasteiger partial charge in [-0.25, -0.2) is 0 Å². The van der Waals surface area contributed by atoms with Crippen LogP contribution in [0.5, 0.6) is 0 Å². The first-order chi connectivity index (χ1) is 11.2. The highest BCUT2D eigenvalue weighted by Crippen LogP contribution is 2.42. The molecule has 3 rings (SSSR count). The van der Waals surface area contributed by atoms with E-state index in [1.165, 1.54) is 5.56 Å². The predicted molar refractivity (Wildman–Crippen MR) is 98.1 cm³/mol. The number of halogens is 2. The van der Waals surface area contributed by atoms with E-state index in [4.69, 9.17) is 23.2 Å². The van der Waals surface area contributed by atoms with Gasteiger partial charge in [-0.3, -0.25) is 4.79 Å². The average molecular weight is 366 g/mol. The van der Waals surface area contributed by atoms with Crippen LogP contribution in [0.25, 0.3) is 0 Å². The van der Waals surface area contributed by atoms with Gasteiger partial charge >= 0.3 is 0 Å². The van der Waals surface area contributed by atoms with Gasteiger partial charge in [-0.05, 0) is 18.1 Å². The van der Waals surface area contributed by atoms with Crippen molar-refractivity contribution in [1.29, 1.82) is 0 Å². The second kappa shape index (κ2) is 7.61. The van der Waals surface area contributed by atoms with Gasteiger partial charge < -0.3 is 4.90 Å². The van der Waals surface area contributed by atoms with Crippen molar-refractivity contribution in [2.24, 2.45) is 0 Å². The van der Waals surface area contributed by atoms with Crippen molar-refractivity contribution >= 4 is 40.9 Å². The molecule has 0 saturated carbocycles. The summed E-state index contributed by atoms with van der Waals surface area (Å²) in [5, 5.41) is 1.05. The number of amides is 1. The number of aryl methyl sites for hydroxylation is 1. The molecule has 1 fully saturated rings. The molecule has 1 aliphatic heterocycles. The van der Waals surface area contributed by atoms with Gasteiger partial charge in [-0.15, -0.1) is 11.8 Å². The normalized spacial score (nSPS) is 17.5. The highest BCUT2D eigenvalue weighted by atomic mass is 35.5. The molecule has 0 radical (unpaired) electrons. The summed E-state index contributed by atoms with van der Waals surface area (Å²) in [6, 6.07) is 15.7. The molecule has 0 aliphatic carbocycles. The van der Waals surface area contributed by atoms with E-state index in [1.54, 1.807) is 17.8 Å². The standard InChI is InChI=1S/C18H17Cl2NOS/c19-15-8-4-7-14(17(15)20)18-21(11-12-23-18)16(22)10-9-13-5-2-1-3-6-13/h1-8,18H,9-12H2/t18-/m1/s1. The number of nitrogens with zero attached hydrogens (tertiary/aromatic N) is 1. The van der Waals surface area contributed by atoms with Crippen molar-refractivity contribution in [2.75, 3.05) is 12.3 Å². The summed E-state index contributed by atoms with van der Waals surface area (Å²) >= 11 is 14.2. The Hall–Kier alpha value is -1.16. The first-order valence-corrected chi connectivity index (χ1v) is 9.36. The first kappa shape index (κ1) is 16.7. The molecule has 1 amide bonds. The van der Waals surface area contributed by atoms with Gasteiger partial charge in [0.2, 0.25) is 5.91 Å². The molecule has 0 N–H and O–H groups in total. The molecule has 2 aromatic carbocycles. The van der Waals surface area contributed by atoms with Crippen LogP contribution in [0.1, 0.15) is 22.9 Å². The molecule has 120 valence electrons. The fourth-order valence-electron chi connectivity index (χ4n) is 2.73. The van der Waals surface area contributed by atoms with Crippen molar-refractivity contribution in [3.05, 3.63) is 69.7 Å². The lowest BCUT2D eigenvalue weighted by molar-refractivity contribution is -0.131. The van der Waals surface area contributed by atoms with Crippen LogP contribution in [0.4, 0.5) is 0 Å². The Morgan fingerprint density at radius 1 is 1.13 bits per heavy atom. The Kier molecular flexibility index (Phi) is 5.52. The van der Waals surface area contributed by atoms with E-state index in [1.807, 2.05) is 35.2 Å². The molecule has 0 spiro atoms. The van der Waals surface area contributed by atoms with Gasteiger partial charge in [0.15, 0.2) is 0 Å². The number of benzene rings is 2. The summed E-state index contributed by atoms with van der Waals surface area (Å²) in [4.78, 5) is 14.6. The molecule has 1 heterocycles. The Labute approximate surface area is 150 Å². The van der Waals surface area contributed by atoms with Crippen molar-refractivity contribution in [2.45, 2.75) is 18.2 Å². The zero-order chi connectivity index (χ0) is 16.2. The number of carbonyl (C=O) groups excluding carboxylic acids is 1. The minimum absolute atomic E-state index is 0.0375. The summed E-state index contributed by atoms with van der Waals surface area (Å²) in [5.74, 6) is 1.09. The lowest BCUT2D eigenvalue weighted by Crippen LogP contribution is -2.30. The molecular weight excluding hydrogens is 349 g/mol. The third kappa shape index (κ3) is 3.85. The van der Waals surface area contributed by atoms with E-state index in [-0.39, 0.29) is 11.3 Å². The van der Waals surface area contributed by atoms with E-state index >= 15 is 0 Å². The summed E-state index contributed by atoms with van der Waals surface area (Å²) in [5.41, 5.74) is 2.11. The maximum Gasteiger partial charge on any atom is 0.224 e. The van der Waals surface area contributed by atoms with Crippen molar-refractivity contribution in [3.63, 3.8) is 0 Å². The summed E-state index contributed by atoms with van der Waals surface area (Å²) in [6.45, 7) is 0.756. The van der Waals surface area contributed by atoms with E-state index in [9.17, 15) is 4.79 Å². The summed E-state index contributed by atoms with van der Waals surface area (Å²) in [7, 11) is 0. The third-order valence-corrected chi connectivity index (χ3v) is 6.01. The molecule has 1 saturated heterocycles. The predicted octanol–water partition coefficient (Wildman–Crippen LogP) is 5.20. The van der Waals surface area contributed by atoms with Crippen molar-refractivity contribution in [3.8, 4) is 0 Å². The fourth-order valence-corrected chi connectivity index (χ4v) is 4.51. The Balaban J connectivity index is 1.71. The maximum atomic E-state index is 12.6. The molecule has 23 heavy (non-hydrogen) atoms. The number of thioether (sulfide) groups is 1. The second-order valence-electron chi connectivity index (χ2n) is 5.44. The zero-order valence-corrected chi connectivity index (χ0v) is 14.9. The summed E-state index contributed by atoms with van der Waals surface area (Å²) in [6.07, 6.45) is 1.27. The molecule has 0 aromatic heterocycles. The van der Waals surface area contributed by atoms with Crippen LogP contribution in [0, 0.1) is 0 Å². The zero-order valence-electron chi connectivity index (χ0n) is 12.5. The molecule has 1 atom stereocenters. The van der Waals surface area contributed by atoms with Gasteiger partial charge in [0.25, 0.3) is 0 Å². The Bertz CT molecular complexity index is 693. The molecule has 2 aromatic rings. The quantitative estimate of drug-likeness (QED) is 0.741. The molecule has 0 bridgehead atoms. The van der Waals surface area contributed by atoms with Gasteiger partial charge in [0.05, 0.1) is 10.0 Å². The lowest BCUT2D eigenvalue weighted by Gasteiger charge is -2.25. The topological polar surface area (TPSA) is 20.3 Å². The fraction of sp³-hybridized carbons (Fsp3) is 0.278. The molecular formula is C18H17Cl2NOS. The van der Waals surface area contributed by atoms with Crippen LogP contribution in [0.15, 0.2) is 48.5 Å². The second-order valence-corrected chi connectivity index (χ2v) is 7.41. The third-order valence-electron chi connectivity index (χ3n) is 3.93. The van der Waals surface area contributed by atoms with E-state index in [0.29, 0.717) is 16.5 Å². The molecule has 2 nitrogen and oxygen atoms in total. The van der Waals surface area contributed by atoms with Crippen LogP contribution in [0.2, 0.25) is 10.0 Å². The molecule has 0 unspecified atom stereocenters. The Morgan fingerprint density at radius 3 is 2.70 bits per heavy atom. The van der Waals surface area contributed by atoms with Gasteiger partial charge in [-0.1, -0.05) is 65.7 Å². The van der Waals surface area contributed by atoms with E-state index in [0.717, 1.165) is 24.3 Å². The van der Waals surface area contributed by atoms with Crippen LogP contribution in [0.3, 0.4) is 0 Å². The maximum absolute atomic E-state index is 12.6. The van der Waals surface area contributed by atoms with Crippen LogP contribution in [-0.4, -0.2) is 23.1 Å². The first-order valence-electron chi connectivity index (χ1n) is 7.55. The molecule has 1 aliphatic rings. The van der Waals surface area contributed by atoms with Crippen LogP contribution < -0.4 is 0 Å². The van der Waals surface area contributed by atoms with Gasteiger partial charge in [0.1, 0.15) is 5.37 Å². The monoisotopic (exact) mass is 365 g/mol. The van der Waals surface area contributed by atoms with Crippen LogP contribution in [-0.2, 0) is 11.2 Å². The Morgan fingerprint density at radius 2 is 1.91 bits per heavy atom. The largest absolute Gasteiger partial charge is 0.326 e. The highest BCUT2D eigenvalue weighted by molar-refractivity contribution is 7.99. The highest BCUT2D eigenvalue weighted by Gasteiger charge is 2.31. The SMILES string of the molecule is O=C(CCc1ccccc1)N1CCS[C@@H]1c1cccc(Cl)c1Cl. The van der Waals surface area contributed by atoms with Gasteiger partial charge in [-0.2, -0.15) is 0 Å². The number of rotatable bonds is 4. The average Bonchev–Trinajstić information content (AvgIpc) is 3.05. The molecule has 5 heteroatoms. The lowest BCUT2D eigenvalue weighted by atomic mass is 10.1.